The number of aromatic nitrogens is 6. The smallest absolute Gasteiger partial charge is 0.225 e. The van der Waals surface area contributed by atoms with Gasteiger partial charge < -0.3 is 9.88 Å². The van der Waals surface area contributed by atoms with Crippen LogP contribution < -0.4 is 5.32 Å². The number of rotatable bonds is 2. The Balaban J connectivity index is 1.50. The molecule has 0 spiro atoms. The molecule has 0 unspecified atom stereocenters. The SMILES string of the molecule is Clc1nc(Cl)c2ncn(Cc3ccc4c(c3)Nc3nccnc3S4)c2n1. The molecular weight excluding hydrogens is 393 g/mol. The Morgan fingerprint density at radius 3 is 2.88 bits per heavy atom. The second kappa shape index (κ2) is 6.08. The van der Waals surface area contributed by atoms with E-state index in [2.05, 4.69) is 48.4 Å². The molecule has 0 atom stereocenters. The van der Waals surface area contributed by atoms with Crippen molar-refractivity contribution in [2.24, 2.45) is 0 Å². The quantitative estimate of drug-likeness (QED) is 0.350. The maximum absolute atomic E-state index is 6.08. The molecule has 10 heteroatoms. The van der Waals surface area contributed by atoms with Crippen LogP contribution in [0.15, 0.2) is 46.8 Å². The van der Waals surface area contributed by atoms with Gasteiger partial charge in [-0.25, -0.2) is 19.9 Å². The summed E-state index contributed by atoms with van der Waals surface area (Å²) in [6, 6.07) is 6.20. The monoisotopic (exact) mass is 401 g/mol. The van der Waals surface area contributed by atoms with Crippen molar-refractivity contribution in [2.75, 3.05) is 5.32 Å². The minimum atomic E-state index is 0.0999. The summed E-state index contributed by atoms with van der Waals surface area (Å²) in [7, 11) is 0. The molecule has 0 amide bonds. The third kappa shape index (κ3) is 2.66. The highest BCUT2D eigenvalue weighted by Crippen LogP contribution is 2.42. The molecule has 5 rings (SSSR count). The van der Waals surface area contributed by atoms with E-state index in [-0.39, 0.29) is 10.4 Å². The van der Waals surface area contributed by atoms with Gasteiger partial charge in [0.1, 0.15) is 10.5 Å². The van der Waals surface area contributed by atoms with Crippen LogP contribution >= 0.6 is 35.0 Å². The molecule has 0 saturated carbocycles. The van der Waals surface area contributed by atoms with Crippen molar-refractivity contribution in [1.29, 1.82) is 0 Å². The Morgan fingerprint density at radius 2 is 1.96 bits per heavy atom. The van der Waals surface area contributed by atoms with Crippen LogP contribution in [0.25, 0.3) is 11.2 Å². The summed E-state index contributed by atoms with van der Waals surface area (Å²) >= 11 is 13.6. The van der Waals surface area contributed by atoms with Gasteiger partial charge in [-0.15, -0.1) is 0 Å². The highest BCUT2D eigenvalue weighted by Gasteiger charge is 2.18. The Labute approximate surface area is 161 Å². The van der Waals surface area contributed by atoms with Gasteiger partial charge in [0, 0.05) is 17.3 Å². The zero-order chi connectivity index (χ0) is 17.7. The van der Waals surface area contributed by atoms with Gasteiger partial charge in [0.25, 0.3) is 0 Å². The molecule has 1 aliphatic heterocycles. The first-order valence-corrected chi connectivity index (χ1v) is 9.17. The fourth-order valence-corrected chi connectivity index (χ4v) is 4.08. The lowest BCUT2D eigenvalue weighted by Crippen LogP contribution is -2.05. The van der Waals surface area contributed by atoms with Crippen LogP contribution in [0.3, 0.4) is 0 Å². The molecular formula is C16H9Cl2N7S. The maximum atomic E-state index is 6.08. The molecule has 128 valence electrons. The molecule has 4 aromatic rings. The van der Waals surface area contributed by atoms with Gasteiger partial charge in [0.2, 0.25) is 5.28 Å². The van der Waals surface area contributed by atoms with Crippen molar-refractivity contribution in [1.82, 2.24) is 29.5 Å². The first kappa shape index (κ1) is 15.8. The van der Waals surface area contributed by atoms with Crippen LogP contribution in [-0.4, -0.2) is 29.5 Å². The average Bonchev–Trinajstić information content (AvgIpc) is 3.03. The second-order valence-electron chi connectivity index (χ2n) is 5.60. The molecule has 0 saturated heterocycles. The first-order chi connectivity index (χ1) is 12.7. The lowest BCUT2D eigenvalue weighted by atomic mass is 10.2. The van der Waals surface area contributed by atoms with E-state index in [1.807, 2.05) is 4.57 Å². The number of hydrogen-bond acceptors (Lipinski definition) is 7. The summed E-state index contributed by atoms with van der Waals surface area (Å²) in [6.07, 6.45) is 5.05. The van der Waals surface area contributed by atoms with Crippen LogP contribution in [0.2, 0.25) is 10.4 Å². The van der Waals surface area contributed by atoms with Crippen LogP contribution in [0.4, 0.5) is 11.5 Å². The number of nitrogens with one attached hydrogen (secondary N) is 1. The van der Waals surface area contributed by atoms with E-state index in [1.54, 1.807) is 30.5 Å². The van der Waals surface area contributed by atoms with Crippen molar-refractivity contribution in [3.63, 3.8) is 0 Å². The lowest BCUT2D eigenvalue weighted by Gasteiger charge is -2.19. The van der Waals surface area contributed by atoms with Gasteiger partial charge in [0.15, 0.2) is 16.6 Å². The van der Waals surface area contributed by atoms with Gasteiger partial charge in [-0.05, 0) is 29.3 Å². The third-order valence-electron chi connectivity index (χ3n) is 3.92. The number of benzene rings is 1. The van der Waals surface area contributed by atoms with E-state index in [4.69, 9.17) is 23.2 Å². The Bertz CT molecular complexity index is 1160. The summed E-state index contributed by atoms with van der Waals surface area (Å²) in [6.45, 7) is 0.577. The molecule has 1 N–H and O–H groups in total. The maximum Gasteiger partial charge on any atom is 0.225 e. The molecule has 1 aromatic carbocycles. The van der Waals surface area contributed by atoms with E-state index >= 15 is 0 Å². The van der Waals surface area contributed by atoms with Gasteiger partial charge in [-0.2, -0.15) is 4.98 Å². The number of hydrogen-bond donors (Lipinski definition) is 1. The minimum absolute atomic E-state index is 0.0999. The van der Waals surface area contributed by atoms with Crippen molar-refractivity contribution >= 4 is 57.6 Å². The molecule has 26 heavy (non-hydrogen) atoms. The summed E-state index contributed by atoms with van der Waals surface area (Å²) in [5.41, 5.74) is 3.21. The van der Waals surface area contributed by atoms with Crippen molar-refractivity contribution in [3.8, 4) is 0 Å². The van der Waals surface area contributed by atoms with Crippen LogP contribution in [0.5, 0.6) is 0 Å². The standard InChI is InChI=1S/C16H9Cl2N7S/c17-12-11-14(24-16(18)23-12)25(7-21-11)6-8-1-2-10-9(5-8)22-13-15(26-10)20-4-3-19-13/h1-5,7H,6H2,(H,19,22). The third-order valence-corrected chi connectivity index (χ3v) is 5.42. The predicted octanol–water partition coefficient (Wildman–Crippen LogP) is 4.18. The predicted molar refractivity (Wildman–Crippen MR) is 100 cm³/mol. The number of fused-ring (bicyclic) bond motifs is 3. The number of nitrogens with zero attached hydrogens (tertiary/aromatic N) is 6. The Kier molecular flexibility index (Phi) is 3.70. The van der Waals surface area contributed by atoms with Crippen molar-refractivity contribution < 1.29 is 0 Å². The topological polar surface area (TPSA) is 81.4 Å². The largest absolute Gasteiger partial charge is 0.337 e. The number of halogens is 2. The van der Waals surface area contributed by atoms with E-state index in [0.717, 1.165) is 27.0 Å². The molecule has 0 radical (unpaired) electrons. The highest BCUT2D eigenvalue weighted by molar-refractivity contribution is 7.99. The van der Waals surface area contributed by atoms with Crippen LogP contribution in [0, 0.1) is 0 Å². The van der Waals surface area contributed by atoms with Crippen molar-refractivity contribution in [3.05, 3.63) is 52.9 Å². The van der Waals surface area contributed by atoms with E-state index in [9.17, 15) is 0 Å². The fourth-order valence-electron chi connectivity index (χ4n) is 2.78. The number of imidazole rings is 1. The lowest BCUT2D eigenvalue weighted by molar-refractivity contribution is 0.812. The van der Waals surface area contributed by atoms with Crippen LogP contribution in [-0.2, 0) is 6.54 Å². The molecule has 3 aromatic heterocycles. The van der Waals surface area contributed by atoms with Crippen LogP contribution in [0.1, 0.15) is 5.56 Å². The summed E-state index contributed by atoms with van der Waals surface area (Å²) in [5, 5.41) is 4.55. The Hall–Kier alpha value is -2.42. The summed E-state index contributed by atoms with van der Waals surface area (Å²) in [5.74, 6) is 0.765. The minimum Gasteiger partial charge on any atom is -0.337 e. The van der Waals surface area contributed by atoms with Gasteiger partial charge >= 0.3 is 0 Å². The van der Waals surface area contributed by atoms with E-state index < -0.39 is 0 Å². The molecule has 0 aliphatic carbocycles. The molecule has 0 bridgehead atoms. The average molecular weight is 402 g/mol. The Morgan fingerprint density at radius 1 is 1.08 bits per heavy atom. The normalized spacial score (nSPS) is 12.5. The second-order valence-corrected chi connectivity index (χ2v) is 7.32. The fraction of sp³-hybridized carbons (Fsp3) is 0.0625. The molecule has 4 heterocycles. The number of anilines is 2. The summed E-state index contributed by atoms with van der Waals surface area (Å²) in [4.78, 5) is 22.2. The molecule has 1 aliphatic rings. The zero-order valence-electron chi connectivity index (χ0n) is 13.0. The van der Waals surface area contributed by atoms with E-state index in [1.165, 1.54) is 0 Å². The molecule has 0 fully saturated rings. The van der Waals surface area contributed by atoms with Crippen molar-refractivity contribution in [2.45, 2.75) is 16.5 Å². The first-order valence-electron chi connectivity index (χ1n) is 7.60. The zero-order valence-corrected chi connectivity index (χ0v) is 15.3. The highest BCUT2D eigenvalue weighted by atomic mass is 35.5. The summed E-state index contributed by atoms with van der Waals surface area (Å²) < 4.78 is 1.89. The van der Waals surface area contributed by atoms with E-state index in [0.29, 0.717) is 17.7 Å². The van der Waals surface area contributed by atoms with Gasteiger partial charge in [-0.3, -0.25) is 0 Å². The van der Waals surface area contributed by atoms with Gasteiger partial charge in [-0.1, -0.05) is 29.4 Å². The van der Waals surface area contributed by atoms with Gasteiger partial charge in [0.05, 0.1) is 18.6 Å². The molecule has 7 nitrogen and oxygen atoms in total.